The average Bonchev–Trinajstić information content (AvgIpc) is 2.71. The minimum Gasteiger partial charge on any atom is -0.485 e. The molecule has 0 saturated carbocycles. The van der Waals surface area contributed by atoms with Gasteiger partial charge in [-0.1, -0.05) is 12.1 Å². The Morgan fingerprint density at radius 2 is 1.81 bits per heavy atom. The quantitative estimate of drug-likeness (QED) is 0.809. The molecule has 0 fully saturated rings. The monoisotopic (exact) mass is 366 g/mol. The highest BCUT2D eigenvalue weighted by molar-refractivity contribution is 5.99. The lowest BCUT2D eigenvalue weighted by atomic mass is 10.1. The van der Waals surface area contributed by atoms with Crippen molar-refractivity contribution in [3.05, 3.63) is 59.7 Å². The smallest absolute Gasteiger partial charge is 0.338 e. The highest BCUT2D eigenvalue weighted by atomic mass is 16.6. The van der Waals surface area contributed by atoms with Crippen LogP contribution in [-0.4, -0.2) is 37.1 Å². The predicted molar refractivity (Wildman–Crippen MR) is 90.9 cm³/mol. The Kier molecular flexibility index (Phi) is 5.33. The van der Waals surface area contributed by atoms with Gasteiger partial charge in [0.2, 0.25) is 6.10 Å². The molecule has 0 aliphatic carbocycles. The number of ether oxygens (including phenoxy) is 3. The zero-order valence-corrected chi connectivity index (χ0v) is 14.0. The third kappa shape index (κ3) is 4.41. The van der Waals surface area contributed by atoms with Crippen LogP contribution >= 0.6 is 0 Å². The first-order valence-electron chi connectivity index (χ1n) is 7.96. The van der Waals surface area contributed by atoms with Crippen LogP contribution in [0, 0.1) is 11.3 Å². The first-order valence-corrected chi connectivity index (χ1v) is 7.96. The number of rotatable bonds is 4. The van der Waals surface area contributed by atoms with Crippen molar-refractivity contribution >= 4 is 17.8 Å². The standard InChI is InChI=1S/C19H14N2O6/c20-9-12-5-7-13(8-6-12)19(24)26-11-17(22)21-18(23)16-10-25-14-3-1-2-4-15(14)27-16/h1-8,16H,10-11H2,(H,21,22,23)/t16-/m0/s1. The van der Waals surface area contributed by atoms with Crippen molar-refractivity contribution in [2.45, 2.75) is 6.10 Å². The van der Waals surface area contributed by atoms with E-state index in [0.717, 1.165) is 0 Å². The number of amides is 2. The summed E-state index contributed by atoms with van der Waals surface area (Å²) in [5.41, 5.74) is 0.583. The summed E-state index contributed by atoms with van der Waals surface area (Å²) in [7, 11) is 0. The van der Waals surface area contributed by atoms with Gasteiger partial charge in [-0.05, 0) is 36.4 Å². The van der Waals surface area contributed by atoms with Crippen molar-refractivity contribution in [2.24, 2.45) is 0 Å². The lowest BCUT2D eigenvalue weighted by molar-refractivity contribution is -0.137. The molecule has 1 aliphatic heterocycles. The van der Waals surface area contributed by atoms with E-state index in [1.54, 1.807) is 24.3 Å². The van der Waals surface area contributed by atoms with Crippen molar-refractivity contribution < 1.29 is 28.6 Å². The molecule has 1 aliphatic rings. The lowest BCUT2D eigenvalue weighted by Gasteiger charge is -2.25. The van der Waals surface area contributed by atoms with Gasteiger partial charge in [-0.25, -0.2) is 4.79 Å². The molecule has 0 radical (unpaired) electrons. The Hall–Kier alpha value is -3.86. The van der Waals surface area contributed by atoms with Crippen LogP contribution < -0.4 is 14.8 Å². The molecular weight excluding hydrogens is 352 g/mol. The van der Waals surface area contributed by atoms with Crippen molar-refractivity contribution in [1.82, 2.24) is 5.32 Å². The van der Waals surface area contributed by atoms with Gasteiger partial charge >= 0.3 is 5.97 Å². The first kappa shape index (κ1) is 17.9. The second kappa shape index (κ2) is 8.01. The average molecular weight is 366 g/mol. The fourth-order valence-corrected chi connectivity index (χ4v) is 2.30. The summed E-state index contributed by atoms with van der Waals surface area (Å²) in [6.07, 6.45) is -0.988. The Morgan fingerprint density at radius 1 is 1.11 bits per heavy atom. The molecule has 8 nitrogen and oxygen atoms in total. The molecule has 0 unspecified atom stereocenters. The number of carbonyl (C=O) groups is 3. The Balaban J connectivity index is 1.48. The SMILES string of the molecule is N#Cc1ccc(C(=O)OCC(=O)NC(=O)[C@@H]2COc3ccccc3O2)cc1. The Morgan fingerprint density at radius 3 is 2.52 bits per heavy atom. The highest BCUT2D eigenvalue weighted by Gasteiger charge is 2.28. The van der Waals surface area contributed by atoms with E-state index in [9.17, 15) is 14.4 Å². The number of esters is 1. The second-order valence-electron chi connectivity index (χ2n) is 5.54. The molecule has 1 heterocycles. The molecule has 136 valence electrons. The largest absolute Gasteiger partial charge is 0.485 e. The molecule has 0 aromatic heterocycles. The normalized spacial score (nSPS) is 14.6. The van der Waals surface area contributed by atoms with Gasteiger partial charge in [-0.2, -0.15) is 5.26 Å². The Labute approximate surface area is 154 Å². The van der Waals surface area contributed by atoms with Crippen molar-refractivity contribution in [3.63, 3.8) is 0 Å². The topological polar surface area (TPSA) is 115 Å². The molecule has 2 amide bonds. The van der Waals surface area contributed by atoms with Gasteiger partial charge in [0.1, 0.15) is 6.61 Å². The number of carbonyl (C=O) groups excluding carboxylic acids is 3. The molecule has 3 rings (SSSR count). The Bertz CT molecular complexity index is 917. The summed E-state index contributed by atoms with van der Waals surface area (Å²) in [5.74, 6) is -1.30. The molecule has 1 N–H and O–H groups in total. The highest BCUT2D eigenvalue weighted by Crippen LogP contribution is 2.30. The number of para-hydroxylation sites is 2. The predicted octanol–water partition coefficient (Wildman–Crippen LogP) is 1.20. The van der Waals surface area contributed by atoms with Crippen LogP contribution in [0.1, 0.15) is 15.9 Å². The summed E-state index contributed by atoms with van der Waals surface area (Å²) in [4.78, 5) is 35.8. The summed E-state index contributed by atoms with van der Waals surface area (Å²) < 4.78 is 15.7. The number of nitriles is 1. The molecule has 2 aromatic rings. The van der Waals surface area contributed by atoms with E-state index in [1.165, 1.54) is 24.3 Å². The van der Waals surface area contributed by atoms with Crippen LogP contribution in [0.4, 0.5) is 0 Å². The molecule has 27 heavy (non-hydrogen) atoms. The fraction of sp³-hybridized carbons (Fsp3) is 0.158. The van der Waals surface area contributed by atoms with Gasteiger partial charge in [0.15, 0.2) is 18.1 Å². The number of hydrogen-bond acceptors (Lipinski definition) is 7. The van der Waals surface area contributed by atoms with Gasteiger partial charge in [-0.15, -0.1) is 0 Å². The van der Waals surface area contributed by atoms with Gasteiger partial charge in [0.05, 0.1) is 17.2 Å². The minimum absolute atomic E-state index is 0.0405. The van der Waals surface area contributed by atoms with E-state index >= 15 is 0 Å². The third-order valence-corrected chi connectivity index (χ3v) is 3.65. The van der Waals surface area contributed by atoms with E-state index < -0.39 is 30.5 Å². The molecular formula is C19H14N2O6. The first-order chi connectivity index (χ1) is 13.1. The van der Waals surface area contributed by atoms with Gasteiger partial charge in [0.25, 0.3) is 11.8 Å². The third-order valence-electron chi connectivity index (χ3n) is 3.65. The summed E-state index contributed by atoms with van der Waals surface area (Å²) in [6.45, 7) is -0.671. The second-order valence-corrected chi connectivity index (χ2v) is 5.54. The van der Waals surface area contributed by atoms with Crippen molar-refractivity contribution in [2.75, 3.05) is 13.2 Å². The number of benzene rings is 2. The van der Waals surface area contributed by atoms with Gasteiger partial charge in [-0.3, -0.25) is 14.9 Å². The van der Waals surface area contributed by atoms with E-state index in [4.69, 9.17) is 19.5 Å². The maximum absolute atomic E-state index is 12.1. The molecule has 0 saturated heterocycles. The minimum atomic E-state index is -0.988. The number of hydrogen-bond donors (Lipinski definition) is 1. The summed E-state index contributed by atoms with van der Waals surface area (Å²) in [5, 5.41) is 10.8. The van der Waals surface area contributed by atoms with Gasteiger partial charge < -0.3 is 14.2 Å². The molecule has 2 aromatic carbocycles. The number of imide groups is 1. The van der Waals surface area contributed by atoms with Crippen LogP contribution in [0.5, 0.6) is 11.5 Å². The molecule has 8 heteroatoms. The van der Waals surface area contributed by atoms with Crippen molar-refractivity contribution in [3.8, 4) is 17.6 Å². The number of nitrogens with zero attached hydrogens (tertiary/aromatic N) is 1. The fourth-order valence-electron chi connectivity index (χ4n) is 2.30. The maximum Gasteiger partial charge on any atom is 0.338 e. The van der Waals surface area contributed by atoms with E-state index in [1.807, 2.05) is 6.07 Å². The summed E-state index contributed by atoms with van der Waals surface area (Å²) in [6, 6.07) is 14.5. The van der Waals surface area contributed by atoms with Crippen molar-refractivity contribution in [1.29, 1.82) is 5.26 Å². The van der Waals surface area contributed by atoms with Crippen LogP contribution in [0.2, 0.25) is 0 Å². The van der Waals surface area contributed by atoms with Crippen LogP contribution in [0.25, 0.3) is 0 Å². The molecule has 1 atom stereocenters. The van der Waals surface area contributed by atoms with Gasteiger partial charge in [0, 0.05) is 0 Å². The van der Waals surface area contributed by atoms with E-state index in [2.05, 4.69) is 5.32 Å². The molecule has 0 bridgehead atoms. The summed E-state index contributed by atoms with van der Waals surface area (Å²) >= 11 is 0. The zero-order chi connectivity index (χ0) is 19.2. The number of fused-ring (bicyclic) bond motifs is 1. The maximum atomic E-state index is 12.1. The molecule has 0 spiro atoms. The zero-order valence-electron chi connectivity index (χ0n) is 14.0. The van der Waals surface area contributed by atoms with E-state index in [0.29, 0.717) is 17.1 Å². The van der Waals surface area contributed by atoms with E-state index in [-0.39, 0.29) is 12.2 Å². The van der Waals surface area contributed by atoms with Crippen LogP contribution in [0.3, 0.4) is 0 Å². The number of nitrogens with one attached hydrogen (secondary N) is 1. The van der Waals surface area contributed by atoms with Crippen LogP contribution in [0.15, 0.2) is 48.5 Å². The van der Waals surface area contributed by atoms with Crippen LogP contribution in [-0.2, 0) is 14.3 Å². The lowest BCUT2D eigenvalue weighted by Crippen LogP contribution is -2.47.